The van der Waals surface area contributed by atoms with Crippen molar-refractivity contribution in [2.45, 2.75) is 26.2 Å². The fourth-order valence-corrected chi connectivity index (χ4v) is 1.81. The van der Waals surface area contributed by atoms with Crippen LogP contribution < -0.4 is 9.47 Å². The first-order valence-corrected chi connectivity index (χ1v) is 6.33. The summed E-state index contributed by atoms with van der Waals surface area (Å²) in [5.74, 6) is -2.52. The van der Waals surface area contributed by atoms with Gasteiger partial charge in [-0.25, -0.2) is 0 Å². The van der Waals surface area contributed by atoms with Crippen LogP contribution in [0, 0.1) is 0 Å². The number of carbonyl (C=O) groups is 2. The molecule has 0 aliphatic rings. The highest BCUT2D eigenvalue weighted by Crippen LogP contribution is 2.32. The van der Waals surface area contributed by atoms with E-state index < -0.39 is 24.3 Å². The number of aliphatic carboxylic acids is 2. The van der Waals surface area contributed by atoms with Crippen LogP contribution in [0.15, 0.2) is 18.2 Å². The van der Waals surface area contributed by atoms with Gasteiger partial charge in [0, 0.05) is 0 Å². The van der Waals surface area contributed by atoms with E-state index in [1.165, 1.54) is 6.07 Å². The monoisotopic (exact) mass is 282 g/mol. The van der Waals surface area contributed by atoms with Crippen molar-refractivity contribution in [2.24, 2.45) is 0 Å². The van der Waals surface area contributed by atoms with Crippen LogP contribution in [0.25, 0.3) is 0 Å². The van der Waals surface area contributed by atoms with Gasteiger partial charge in [-0.3, -0.25) is 9.59 Å². The maximum absolute atomic E-state index is 11.2. The van der Waals surface area contributed by atoms with Crippen LogP contribution in [0.3, 0.4) is 0 Å². The van der Waals surface area contributed by atoms with Crippen molar-refractivity contribution in [2.75, 3.05) is 13.2 Å². The van der Waals surface area contributed by atoms with E-state index in [1.54, 1.807) is 19.1 Å². The van der Waals surface area contributed by atoms with E-state index in [0.29, 0.717) is 30.3 Å². The van der Waals surface area contributed by atoms with E-state index in [2.05, 4.69) is 0 Å². The molecule has 0 radical (unpaired) electrons. The number of benzene rings is 1. The summed E-state index contributed by atoms with van der Waals surface area (Å²) < 4.78 is 10.8. The van der Waals surface area contributed by atoms with Gasteiger partial charge in [0.15, 0.2) is 11.5 Å². The van der Waals surface area contributed by atoms with Crippen molar-refractivity contribution in [1.29, 1.82) is 0 Å². The van der Waals surface area contributed by atoms with Gasteiger partial charge < -0.3 is 19.7 Å². The lowest BCUT2D eigenvalue weighted by molar-refractivity contribution is -0.145. The molecule has 6 heteroatoms. The van der Waals surface area contributed by atoms with Gasteiger partial charge in [-0.15, -0.1) is 0 Å². The molecule has 0 heterocycles. The van der Waals surface area contributed by atoms with Gasteiger partial charge in [0.2, 0.25) is 0 Å². The topological polar surface area (TPSA) is 93.1 Å². The first-order chi connectivity index (χ1) is 9.49. The number of hydrogen-bond acceptors (Lipinski definition) is 4. The van der Waals surface area contributed by atoms with Crippen LogP contribution >= 0.6 is 0 Å². The minimum absolute atomic E-state index is 0.381. The number of carboxylic acids is 2. The minimum Gasteiger partial charge on any atom is -0.490 e. The van der Waals surface area contributed by atoms with Crippen LogP contribution in [-0.4, -0.2) is 35.4 Å². The molecule has 0 aromatic heterocycles. The highest BCUT2D eigenvalue weighted by molar-refractivity contribution is 5.82. The van der Waals surface area contributed by atoms with Crippen molar-refractivity contribution < 1.29 is 29.3 Å². The van der Waals surface area contributed by atoms with Crippen LogP contribution in [0.2, 0.25) is 0 Å². The largest absolute Gasteiger partial charge is 0.490 e. The molecule has 1 atom stereocenters. The second-order valence-electron chi connectivity index (χ2n) is 4.06. The van der Waals surface area contributed by atoms with E-state index in [0.717, 1.165) is 0 Å². The molecule has 1 aromatic carbocycles. The molecule has 0 amide bonds. The van der Waals surface area contributed by atoms with Gasteiger partial charge in [0.25, 0.3) is 0 Å². The Bertz CT molecular complexity index is 483. The summed E-state index contributed by atoms with van der Waals surface area (Å²) >= 11 is 0. The van der Waals surface area contributed by atoms with Gasteiger partial charge >= 0.3 is 11.9 Å². The van der Waals surface area contributed by atoms with Crippen LogP contribution in [0.4, 0.5) is 0 Å². The summed E-state index contributed by atoms with van der Waals surface area (Å²) in [6, 6.07) is 4.67. The molecule has 0 saturated heterocycles. The summed E-state index contributed by atoms with van der Waals surface area (Å²) in [6.45, 7) is 4.49. The van der Waals surface area contributed by atoms with Gasteiger partial charge in [-0.1, -0.05) is 6.07 Å². The quantitative estimate of drug-likeness (QED) is 0.758. The molecule has 1 aromatic rings. The number of carboxylic acid groups (broad SMARTS) is 2. The molecule has 0 aliphatic carbocycles. The molecule has 0 bridgehead atoms. The lowest BCUT2D eigenvalue weighted by Crippen LogP contribution is -2.16. The van der Waals surface area contributed by atoms with Crippen molar-refractivity contribution in [3.05, 3.63) is 23.8 Å². The van der Waals surface area contributed by atoms with Crippen LogP contribution in [0.1, 0.15) is 31.7 Å². The third-order valence-electron chi connectivity index (χ3n) is 2.65. The molecule has 1 rings (SSSR count). The Labute approximate surface area is 116 Å². The molecule has 2 N–H and O–H groups in total. The first kappa shape index (κ1) is 15.8. The van der Waals surface area contributed by atoms with Crippen LogP contribution in [-0.2, 0) is 9.59 Å². The van der Waals surface area contributed by atoms with E-state index in [1.807, 2.05) is 6.92 Å². The summed E-state index contributed by atoms with van der Waals surface area (Å²) in [4.78, 5) is 21.9. The van der Waals surface area contributed by atoms with Gasteiger partial charge in [0.1, 0.15) is 0 Å². The SMILES string of the molecule is CCOc1ccc(C(CC(=O)O)C(=O)O)cc1OCC. The number of rotatable bonds is 8. The Morgan fingerprint density at radius 3 is 2.20 bits per heavy atom. The lowest BCUT2D eigenvalue weighted by atomic mass is 9.95. The average molecular weight is 282 g/mol. The van der Waals surface area contributed by atoms with E-state index in [9.17, 15) is 9.59 Å². The van der Waals surface area contributed by atoms with E-state index in [4.69, 9.17) is 19.7 Å². The zero-order valence-corrected chi connectivity index (χ0v) is 11.5. The first-order valence-electron chi connectivity index (χ1n) is 6.33. The molecule has 110 valence electrons. The zero-order chi connectivity index (χ0) is 15.1. The Kier molecular flexibility index (Phi) is 5.83. The molecule has 0 aliphatic heterocycles. The molecule has 6 nitrogen and oxygen atoms in total. The molecule has 0 fully saturated rings. The second-order valence-corrected chi connectivity index (χ2v) is 4.06. The smallest absolute Gasteiger partial charge is 0.311 e. The fraction of sp³-hybridized carbons (Fsp3) is 0.429. The fourth-order valence-electron chi connectivity index (χ4n) is 1.81. The molecule has 0 saturated carbocycles. The summed E-state index contributed by atoms with van der Waals surface area (Å²) in [5.41, 5.74) is 0.381. The minimum atomic E-state index is -1.18. The third-order valence-corrected chi connectivity index (χ3v) is 2.65. The predicted octanol–water partition coefficient (Wildman–Crippen LogP) is 2.13. The van der Waals surface area contributed by atoms with E-state index in [-0.39, 0.29) is 0 Å². The van der Waals surface area contributed by atoms with Crippen molar-refractivity contribution in [3.63, 3.8) is 0 Å². The highest BCUT2D eigenvalue weighted by Gasteiger charge is 2.24. The highest BCUT2D eigenvalue weighted by atomic mass is 16.5. The maximum Gasteiger partial charge on any atom is 0.311 e. The normalized spacial score (nSPS) is 11.7. The van der Waals surface area contributed by atoms with Gasteiger partial charge in [-0.05, 0) is 31.5 Å². The van der Waals surface area contributed by atoms with Crippen molar-refractivity contribution >= 4 is 11.9 Å². The Balaban J connectivity index is 3.12. The number of ether oxygens (including phenoxy) is 2. The van der Waals surface area contributed by atoms with E-state index >= 15 is 0 Å². The molecular formula is C14H18O6. The van der Waals surface area contributed by atoms with Crippen LogP contribution in [0.5, 0.6) is 11.5 Å². The summed E-state index contributed by atoms with van der Waals surface area (Å²) in [5, 5.41) is 17.9. The molecule has 20 heavy (non-hydrogen) atoms. The van der Waals surface area contributed by atoms with Gasteiger partial charge in [-0.2, -0.15) is 0 Å². The standard InChI is InChI=1S/C14H18O6/c1-3-19-11-6-5-9(7-12(11)20-4-2)10(14(17)18)8-13(15)16/h5-7,10H,3-4,8H2,1-2H3,(H,15,16)(H,17,18). The number of hydrogen-bond donors (Lipinski definition) is 2. The second kappa shape index (κ2) is 7.37. The van der Waals surface area contributed by atoms with Crippen molar-refractivity contribution in [3.8, 4) is 11.5 Å². The third kappa shape index (κ3) is 4.15. The average Bonchev–Trinajstić information content (AvgIpc) is 2.38. The maximum atomic E-state index is 11.2. The molecule has 1 unspecified atom stereocenters. The summed E-state index contributed by atoms with van der Waals surface area (Å²) in [6.07, 6.45) is -0.477. The predicted molar refractivity (Wildman–Crippen MR) is 71.4 cm³/mol. The molecule has 0 spiro atoms. The molecular weight excluding hydrogens is 264 g/mol. The summed E-state index contributed by atoms with van der Waals surface area (Å²) in [7, 11) is 0. The lowest BCUT2D eigenvalue weighted by Gasteiger charge is -2.15. The zero-order valence-electron chi connectivity index (χ0n) is 11.5. The Hall–Kier alpha value is -2.24. The van der Waals surface area contributed by atoms with Gasteiger partial charge in [0.05, 0.1) is 25.6 Å². The Morgan fingerprint density at radius 1 is 1.10 bits per heavy atom. The Morgan fingerprint density at radius 2 is 1.70 bits per heavy atom. The van der Waals surface area contributed by atoms with Crippen molar-refractivity contribution in [1.82, 2.24) is 0 Å².